The summed E-state index contributed by atoms with van der Waals surface area (Å²) < 4.78 is 25.0. The third kappa shape index (κ3) is 2.09. The molecule has 0 amide bonds. The lowest BCUT2D eigenvalue weighted by Crippen LogP contribution is -1.99. The minimum absolute atomic E-state index is 0.000833. The summed E-state index contributed by atoms with van der Waals surface area (Å²) in [6.45, 7) is 1.52. The monoisotopic (exact) mass is 249 g/mol. The number of nitrogens with zero attached hydrogens (tertiary/aromatic N) is 1. The highest BCUT2D eigenvalue weighted by atomic mass is 79.9. The molecule has 5 heteroatoms. The average molecular weight is 250 g/mol. The Morgan fingerprint density at radius 2 is 2.23 bits per heavy atom. The number of alkyl halides is 2. The highest BCUT2D eigenvalue weighted by Crippen LogP contribution is 2.24. The summed E-state index contributed by atoms with van der Waals surface area (Å²) >= 11 is 3.05. The molecule has 0 aliphatic heterocycles. The normalized spacial score (nSPS) is 10.5. The molecule has 1 rings (SSSR count). The average Bonchev–Trinajstić information content (AvgIpc) is 2.03. The number of aromatic nitrogens is 1. The van der Waals surface area contributed by atoms with Crippen LogP contribution in [0.4, 0.5) is 8.78 Å². The standard InChI is InChI=1S/C8H6BrF2NO/c1-4-2-5(9)6(3-13)12-7(4)8(10)11/h2-3,8H,1H3. The van der Waals surface area contributed by atoms with Crippen molar-refractivity contribution in [3.8, 4) is 0 Å². The predicted octanol–water partition coefficient (Wildman–Crippen LogP) is 2.90. The van der Waals surface area contributed by atoms with Crippen molar-refractivity contribution in [1.29, 1.82) is 0 Å². The van der Waals surface area contributed by atoms with Crippen LogP contribution in [0.2, 0.25) is 0 Å². The SMILES string of the molecule is Cc1cc(Br)c(C=O)nc1C(F)F. The van der Waals surface area contributed by atoms with Gasteiger partial charge in [0.1, 0.15) is 11.4 Å². The van der Waals surface area contributed by atoms with Crippen LogP contribution in [0.5, 0.6) is 0 Å². The number of hydrogen-bond donors (Lipinski definition) is 0. The molecule has 1 aromatic rings. The Morgan fingerprint density at radius 3 is 2.69 bits per heavy atom. The number of rotatable bonds is 2. The molecule has 0 atom stereocenters. The minimum atomic E-state index is -2.65. The molecule has 0 aliphatic carbocycles. The van der Waals surface area contributed by atoms with Gasteiger partial charge in [0.05, 0.1) is 0 Å². The van der Waals surface area contributed by atoms with Crippen LogP contribution in [0.1, 0.15) is 28.2 Å². The first-order valence-electron chi connectivity index (χ1n) is 3.46. The molecule has 0 radical (unpaired) electrons. The van der Waals surface area contributed by atoms with Crippen LogP contribution >= 0.6 is 15.9 Å². The van der Waals surface area contributed by atoms with Gasteiger partial charge in [0, 0.05) is 4.47 Å². The van der Waals surface area contributed by atoms with Crippen molar-refractivity contribution in [2.24, 2.45) is 0 Å². The quantitative estimate of drug-likeness (QED) is 0.755. The van der Waals surface area contributed by atoms with Crippen LogP contribution in [0.3, 0.4) is 0 Å². The number of carbonyl (C=O) groups is 1. The van der Waals surface area contributed by atoms with Gasteiger partial charge in [0.2, 0.25) is 0 Å². The maximum absolute atomic E-state index is 12.3. The summed E-state index contributed by atoms with van der Waals surface area (Å²) in [5.74, 6) is 0. The molecule has 0 aliphatic rings. The van der Waals surface area contributed by atoms with Crippen LogP contribution < -0.4 is 0 Å². The van der Waals surface area contributed by atoms with Crippen LogP contribution in [0.15, 0.2) is 10.5 Å². The number of pyridine rings is 1. The minimum Gasteiger partial charge on any atom is -0.296 e. The Balaban J connectivity index is 3.30. The molecule has 1 aromatic heterocycles. The molecule has 0 aromatic carbocycles. The molecule has 1 heterocycles. The smallest absolute Gasteiger partial charge is 0.280 e. The Morgan fingerprint density at radius 1 is 1.62 bits per heavy atom. The summed E-state index contributed by atoms with van der Waals surface area (Å²) in [7, 11) is 0. The maximum atomic E-state index is 12.3. The Hall–Kier alpha value is -0.840. The lowest BCUT2D eigenvalue weighted by Gasteiger charge is -2.05. The zero-order valence-corrected chi connectivity index (χ0v) is 8.31. The Labute approximate surface area is 82.1 Å². The van der Waals surface area contributed by atoms with E-state index in [1.54, 1.807) is 0 Å². The molecule has 13 heavy (non-hydrogen) atoms. The summed E-state index contributed by atoms with van der Waals surface area (Å²) in [5, 5.41) is 0. The van der Waals surface area contributed by atoms with E-state index in [-0.39, 0.29) is 11.4 Å². The third-order valence-electron chi connectivity index (χ3n) is 1.55. The first-order valence-corrected chi connectivity index (χ1v) is 4.26. The Kier molecular flexibility index (Phi) is 3.08. The van der Waals surface area contributed by atoms with E-state index < -0.39 is 6.43 Å². The topological polar surface area (TPSA) is 30.0 Å². The van der Waals surface area contributed by atoms with E-state index in [0.717, 1.165) is 0 Å². The van der Waals surface area contributed by atoms with Crippen LogP contribution in [0, 0.1) is 6.92 Å². The van der Waals surface area contributed by atoms with E-state index in [2.05, 4.69) is 20.9 Å². The fourth-order valence-electron chi connectivity index (χ4n) is 0.913. The van der Waals surface area contributed by atoms with E-state index >= 15 is 0 Å². The van der Waals surface area contributed by atoms with Crippen molar-refractivity contribution >= 4 is 22.2 Å². The van der Waals surface area contributed by atoms with Crippen molar-refractivity contribution in [3.05, 3.63) is 27.5 Å². The van der Waals surface area contributed by atoms with E-state index in [0.29, 0.717) is 16.3 Å². The number of aldehydes is 1. The lowest BCUT2D eigenvalue weighted by atomic mass is 10.2. The molecular weight excluding hydrogens is 244 g/mol. The van der Waals surface area contributed by atoms with Crippen LogP contribution in [-0.2, 0) is 0 Å². The zero-order chi connectivity index (χ0) is 10.0. The van der Waals surface area contributed by atoms with Crippen molar-refractivity contribution in [1.82, 2.24) is 4.98 Å². The molecule has 0 spiro atoms. The number of halogens is 3. The molecule has 0 bridgehead atoms. The molecule has 2 nitrogen and oxygen atoms in total. The third-order valence-corrected chi connectivity index (χ3v) is 2.19. The lowest BCUT2D eigenvalue weighted by molar-refractivity contribution is 0.111. The van der Waals surface area contributed by atoms with E-state index in [4.69, 9.17) is 0 Å². The zero-order valence-electron chi connectivity index (χ0n) is 6.72. The fourth-order valence-corrected chi connectivity index (χ4v) is 1.44. The van der Waals surface area contributed by atoms with Gasteiger partial charge >= 0.3 is 0 Å². The predicted molar refractivity (Wildman–Crippen MR) is 47.0 cm³/mol. The summed E-state index contributed by atoms with van der Waals surface area (Å²) in [6, 6.07) is 1.46. The van der Waals surface area contributed by atoms with Gasteiger partial charge in [0.25, 0.3) is 6.43 Å². The van der Waals surface area contributed by atoms with Crippen molar-refractivity contribution in [2.45, 2.75) is 13.3 Å². The Bertz CT molecular complexity index is 341. The fraction of sp³-hybridized carbons (Fsp3) is 0.250. The van der Waals surface area contributed by atoms with Crippen molar-refractivity contribution in [3.63, 3.8) is 0 Å². The molecule has 0 saturated carbocycles. The van der Waals surface area contributed by atoms with Gasteiger partial charge in [-0.25, -0.2) is 13.8 Å². The van der Waals surface area contributed by atoms with Gasteiger partial charge in [-0.2, -0.15) is 0 Å². The summed E-state index contributed by atoms with van der Waals surface area (Å²) in [4.78, 5) is 13.9. The first kappa shape index (κ1) is 10.2. The van der Waals surface area contributed by atoms with Gasteiger partial charge in [0.15, 0.2) is 6.29 Å². The van der Waals surface area contributed by atoms with E-state index in [9.17, 15) is 13.6 Å². The largest absolute Gasteiger partial charge is 0.296 e. The van der Waals surface area contributed by atoms with Crippen LogP contribution in [0.25, 0.3) is 0 Å². The summed E-state index contributed by atoms with van der Waals surface area (Å²) in [6.07, 6.45) is -2.21. The molecule has 70 valence electrons. The van der Waals surface area contributed by atoms with E-state index in [1.807, 2.05) is 0 Å². The molecule has 0 saturated heterocycles. The van der Waals surface area contributed by atoms with Gasteiger partial charge in [-0.1, -0.05) is 0 Å². The number of carbonyl (C=O) groups excluding carboxylic acids is 1. The summed E-state index contributed by atoms with van der Waals surface area (Å²) in [5.41, 5.74) is 0.0266. The highest BCUT2D eigenvalue weighted by Gasteiger charge is 2.14. The number of hydrogen-bond acceptors (Lipinski definition) is 2. The molecular formula is C8H6BrF2NO. The van der Waals surface area contributed by atoms with Gasteiger partial charge in [-0.15, -0.1) is 0 Å². The van der Waals surface area contributed by atoms with Crippen molar-refractivity contribution in [2.75, 3.05) is 0 Å². The molecule has 0 N–H and O–H groups in total. The van der Waals surface area contributed by atoms with Crippen molar-refractivity contribution < 1.29 is 13.6 Å². The maximum Gasteiger partial charge on any atom is 0.280 e. The molecule has 0 unspecified atom stereocenters. The van der Waals surface area contributed by atoms with Gasteiger partial charge in [-0.05, 0) is 34.5 Å². The van der Waals surface area contributed by atoms with Gasteiger partial charge < -0.3 is 0 Å². The number of aryl methyl sites for hydroxylation is 1. The molecule has 0 fully saturated rings. The van der Waals surface area contributed by atoms with Gasteiger partial charge in [-0.3, -0.25) is 4.79 Å². The van der Waals surface area contributed by atoms with E-state index in [1.165, 1.54) is 13.0 Å². The second-order valence-electron chi connectivity index (χ2n) is 2.48. The first-order chi connectivity index (χ1) is 6.06. The second-order valence-corrected chi connectivity index (χ2v) is 3.33. The highest BCUT2D eigenvalue weighted by molar-refractivity contribution is 9.10. The second kappa shape index (κ2) is 3.91. The van der Waals surface area contributed by atoms with Crippen LogP contribution in [-0.4, -0.2) is 11.3 Å².